The maximum absolute atomic E-state index is 12.2. The van der Waals surface area contributed by atoms with Gasteiger partial charge >= 0.3 is 5.97 Å². The van der Waals surface area contributed by atoms with Crippen molar-refractivity contribution in [2.45, 2.75) is 76.9 Å². The number of allylic oxidation sites excluding steroid dienone is 1. The summed E-state index contributed by atoms with van der Waals surface area (Å²) in [7, 11) is 0. The lowest BCUT2D eigenvalue weighted by Crippen LogP contribution is -2.57. The molecule has 146 valence electrons. The first kappa shape index (κ1) is 16.0. The van der Waals surface area contributed by atoms with E-state index in [1.54, 1.807) is 5.57 Å². The van der Waals surface area contributed by atoms with Gasteiger partial charge < -0.3 is 9.84 Å². The first-order valence-electron chi connectivity index (χ1n) is 11.5. The van der Waals surface area contributed by atoms with Gasteiger partial charge in [0.15, 0.2) is 0 Å². The van der Waals surface area contributed by atoms with Crippen LogP contribution in [0.3, 0.4) is 0 Å². The lowest BCUT2D eigenvalue weighted by molar-refractivity contribution is -0.177. The van der Waals surface area contributed by atoms with Gasteiger partial charge in [-0.25, -0.2) is 0 Å². The summed E-state index contributed by atoms with van der Waals surface area (Å²) in [5.74, 6) is 5.52. The van der Waals surface area contributed by atoms with Crippen molar-refractivity contribution >= 4 is 5.97 Å². The Morgan fingerprint density at radius 2 is 1.93 bits per heavy atom. The average Bonchev–Trinajstić information content (AvgIpc) is 3.53. The van der Waals surface area contributed by atoms with Crippen molar-refractivity contribution in [3.8, 4) is 0 Å². The molecule has 5 saturated carbocycles. The van der Waals surface area contributed by atoms with Gasteiger partial charge in [0, 0.05) is 17.8 Å². The molecule has 6 aliphatic carbocycles. The minimum atomic E-state index is -0.208. The molecule has 1 spiro atoms. The Kier molecular flexibility index (Phi) is 2.67. The van der Waals surface area contributed by atoms with E-state index in [1.807, 2.05) is 0 Å². The highest BCUT2D eigenvalue weighted by Crippen LogP contribution is 2.82. The van der Waals surface area contributed by atoms with Crippen LogP contribution in [0.25, 0.3) is 0 Å². The molecule has 0 amide bonds. The monoisotopic (exact) mass is 368 g/mol. The summed E-state index contributed by atoms with van der Waals surface area (Å²) >= 11 is 0. The molecule has 1 saturated heterocycles. The first-order chi connectivity index (χ1) is 12.9. The van der Waals surface area contributed by atoms with E-state index < -0.39 is 0 Å². The minimum absolute atomic E-state index is 0.0658. The maximum Gasteiger partial charge on any atom is 0.306 e. The zero-order valence-corrected chi connectivity index (χ0v) is 16.6. The lowest BCUT2D eigenvalue weighted by atomic mass is 9.45. The molecule has 27 heavy (non-hydrogen) atoms. The Labute approximate surface area is 161 Å². The number of carbonyl (C=O) groups excluding carboxylic acids is 1. The molecule has 1 heterocycles. The van der Waals surface area contributed by atoms with Crippen LogP contribution in [-0.4, -0.2) is 22.8 Å². The molecule has 1 aliphatic heterocycles. The van der Waals surface area contributed by atoms with Gasteiger partial charge in [-0.1, -0.05) is 25.5 Å². The van der Waals surface area contributed by atoms with Gasteiger partial charge in [0.2, 0.25) is 0 Å². The molecule has 3 heteroatoms. The van der Waals surface area contributed by atoms with Crippen LogP contribution in [0.2, 0.25) is 0 Å². The summed E-state index contributed by atoms with van der Waals surface area (Å²) in [6.45, 7) is 5.04. The van der Waals surface area contributed by atoms with Crippen molar-refractivity contribution < 1.29 is 14.6 Å². The highest BCUT2D eigenvalue weighted by atomic mass is 16.6. The van der Waals surface area contributed by atoms with Gasteiger partial charge in [-0.2, -0.15) is 0 Å². The van der Waals surface area contributed by atoms with Crippen molar-refractivity contribution in [1.82, 2.24) is 0 Å². The number of aliphatic hydroxyl groups excluding tert-OH is 1. The van der Waals surface area contributed by atoms with E-state index in [1.165, 1.54) is 32.1 Å². The van der Waals surface area contributed by atoms with Crippen molar-refractivity contribution in [3.63, 3.8) is 0 Å². The molecule has 0 unspecified atom stereocenters. The van der Waals surface area contributed by atoms with Gasteiger partial charge in [-0.3, -0.25) is 4.79 Å². The summed E-state index contributed by atoms with van der Waals surface area (Å²) in [4.78, 5) is 12.2. The largest absolute Gasteiger partial charge is 0.458 e. The zero-order valence-electron chi connectivity index (χ0n) is 16.6. The Morgan fingerprint density at radius 1 is 1.07 bits per heavy atom. The molecule has 0 aromatic carbocycles. The molecule has 6 fully saturated rings. The van der Waals surface area contributed by atoms with Crippen molar-refractivity contribution in [2.75, 3.05) is 0 Å². The number of carbonyl (C=O) groups is 1. The average molecular weight is 369 g/mol. The van der Waals surface area contributed by atoms with E-state index in [4.69, 9.17) is 4.74 Å². The SMILES string of the molecule is C[C@]12CC[C@H](O)C=C1[C@@H]1C[C@@H]1[C@H]1[C@@H]3[C@@H]4C[C@@H]4[C@@]4(CCC(=O)O4)[C@@]3(C)CC[C@@H]12. The molecule has 7 aliphatic rings. The summed E-state index contributed by atoms with van der Waals surface area (Å²) in [5, 5.41) is 10.3. The van der Waals surface area contributed by atoms with E-state index in [0.717, 1.165) is 48.3 Å². The predicted molar refractivity (Wildman–Crippen MR) is 100 cm³/mol. The van der Waals surface area contributed by atoms with Crippen LogP contribution < -0.4 is 0 Å². The van der Waals surface area contributed by atoms with Gasteiger partial charge in [0.05, 0.1) is 6.10 Å². The second-order valence-corrected chi connectivity index (χ2v) is 11.7. The van der Waals surface area contributed by atoms with Crippen LogP contribution in [0.1, 0.15) is 65.2 Å². The number of rotatable bonds is 0. The van der Waals surface area contributed by atoms with Gasteiger partial charge in [-0.15, -0.1) is 0 Å². The Bertz CT molecular complexity index is 786. The second-order valence-electron chi connectivity index (χ2n) is 11.7. The van der Waals surface area contributed by atoms with Gasteiger partial charge in [-0.05, 0) is 85.9 Å². The summed E-state index contributed by atoms with van der Waals surface area (Å²) < 4.78 is 6.23. The predicted octanol–water partition coefficient (Wildman–Crippen LogP) is 4.10. The number of hydrogen-bond acceptors (Lipinski definition) is 3. The van der Waals surface area contributed by atoms with E-state index in [-0.39, 0.29) is 23.1 Å². The number of esters is 1. The smallest absolute Gasteiger partial charge is 0.306 e. The Hall–Kier alpha value is -0.830. The Morgan fingerprint density at radius 3 is 2.70 bits per heavy atom. The van der Waals surface area contributed by atoms with Crippen LogP contribution in [-0.2, 0) is 9.53 Å². The highest BCUT2D eigenvalue weighted by molar-refractivity contribution is 5.73. The number of aliphatic hydroxyl groups is 1. The minimum Gasteiger partial charge on any atom is -0.458 e. The molecular weight excluding hydrogens is 336 g/mol. The number of fused-ring (bicyclic) bond motifs is 12. The normalized spacial score (nSPS) is 64.7. The third-order valence-corrected chi connectivity index (χ3v) is 11.0. The van der Waals surface area contributed by atoms with E-state index in [9.17, 15) is 9.90 Å². The maximum atomic E-state index is 12.2. The summed E-state index contributed by atoms with van der Waals surface area (Å²) in [6, 6.07) is 0. The fourth-order valence-electron chi connectivity index (χ4n) is 9.89. The molecule has 7 rings (SSSR count). The van der Waals surface area contributed by atoms with Crippen LogP contribution >= 0.6 is 0 Å². The molecule has 0 aromatic rings. The number of ether oxygens (including phenoxy) is 1. The van der Waals surface area contributed by atoms with Crippen molar-refractivity contribution in [1.29, 1.82) is 0 Å². The quantitative estimate of drug-likeness (QED) is 0.517. The van der Waals surface area contributed by atoms with Crippen LogP contribution in [0.15, 0.2) is 11.6 Å². The first-order valence-corrected chi connectivity index (χ1v) is 11.5. The molecule has 0 aromatic heterocycles. The molecule has 0 bridgehead atoms. The van der Waals surface area contributed by atoms with E-state index in [0.29, 0.717) is 17.8 Å². The van der Waals surface area contributed by atoms with Crippen LogP contribution in [0.5, 0.6) is 0 Å². The van der Waals surface area contributed by atoms with E-state index >= 15 is 0 Å². The Balaban J connectivity index is 1.33. The molecule has 11 atom stereocenters. The fraction of sp³-hybridized carbons (Fsp3) is 0.875. The van der Waals surface area contributed by atoms with E-state index in [2.05, 4.69) is 19.9 Å². The van der Waals surface area contributed by atoms with Crippen molar-refractivity contribution in [3.05, 3.63) is 11.6 Å². The summed E-state index contributed by atoms with van der Waals surface area (Å²) in [6.07, 6.45) is 11.0. The zero-order chi connectivity index (χ0) is 18.3. The van der Waals surface area contributed by atoms with Crippen LogP contribution in [0.4, 0.5) is 0 Å². The van der Waals surface area contributed by atoms with Gasteiger partial charge in [0.1, 0.15) is 5.60 Å². The standard InChI is InChI=1S/C24H32O3/c1-22-6-3-12(25)9-17(22)13-10-14(13)20-16(22)4-7-23(2)21(20)15-11-18(15)24(23)8-5-19(26)27-24/h9,12-16,18,20-21,25H,3-8,10-11H2,1-2H3/t12-,13+,14-,15+,16-,18-,20+,21-,22+,23-,24-/m0/s1. The third kappa shape index (κ3) is 1.63. The fourth-order valence-corrected chi connectivity index (χ4v) is 9.89. The van der Waals surface area contributed by atoms with Gasteiger partial charge in [0.25, 0.3) is 0 Å². The molecule has 1 N–H and O–H groups in total. The topological polar surface area (TPSA) is 46.5 Å². The summed E-state index contributed by atoms with van der Waals surface area (Å²) in [5.41, 5.74) is 2.04. The molecule has 3 nitrogen and oxygen atoms in total. The van der Waals surface area contributed by atoms with Crippen molar-refractivity contribution in [2.24, 2.45) is 52.3 Å². The van der Waals surface area contributed by atoms with Crippen LogP contribution in [0, 0.1) is 52.3 Å². The second kappa shape index (κ2) is 4.50. The lowest BCUT2D eigenvalue weighted by Gasteiger charge is -2.60. The highest BCUT2D eigenvalue weighted by Gasteiger charge is 2.81. The third-order valence-electron chi connectivity index (χ3n) is 11.0. The molecule has 0 radical (unpaired) electrons. The molecular formula is C24H32O3. The number of hydrogen-bond donors (Lipinski definition) is 1.